The van der Waals surface area contributed by atoms with Crippen molar-refractivity contribution in [2.75, 3.05) is 19.0 Å². The van der Waals surface area contributed by atoms with Crippen LogP contribution in [0, 0.1) is 11.8 Å². The molecule has 2 aromatic rings. The normalized spacial score (nSPS) is 20.0. The van der Waals surface area contributed by atoms with E-state index in [9.17, 15) is 19.2 Å². The van der Waals surface area contributed by atoms with Crippen molar-refractivity contribution in [1.29, 1.82) is 0 Å². The topological polar surface area (TPSA) is 102 Å². The van der Waals surface area contributed by atoms with Gasteiger partial charge in [-0.05, 0) is 30.5 Å². The Morgan fingerprint density at radius 3 is 2.24 bits per heavy atom. The highest BCUT2D eigenvalue weighted by Crippen LogP contribution is 2.36. The number of imide groups is 1. The van der Waals surface area contributed by atoms with E-state index in [4.69, 9.17) is 9.47 Å². The summed E-state index contributed by atoms with van der Waals surface area (Å²) in [5, 5.41) is 2.64. The predicted molar refractivity (Wildman–Crippen MR) is 124 cm³/mol. The van der Waals surface area contributed by atoms with Crippen LogP contribution >= 0.6 is 0 Å². The zero-order valence-corrected chi connectivity index (χ0v) is 18.8. The van der Waals surface area contributed by atoms with Gasteiger partial charge in [-0.1, -0.05) is 54.6 Å². The molecule has 1 fully saturated rings. The van der Waals surface area contributed by atoms with Crippen LogP contribution in [-0.4, -0.2) is 48.3 Å². The average Bonchev–Trinajstić information content (AvgIpc) is 3.12. The van der Waals surface area contributed by atoms with E-state index in [-0.39, 0.29) is 18.2 Å². The second-order valence-corrected chi connectivity index (χ2v) is 8.26. The first-order chi connectivity index (χ1) is 16.5. The molecule has 4 rings (SSSR count). The zero-order valence-electron chi connectivity index (χ0n) is 18.8. The van der Waals surface area contributed by atoms with Crippen molar-refractivity contribution in [3.63, 3.8) is 0 Å². The highest BCUT2D eigenvalue weighted by atomic mass is 16.5. The van der Waals surface area contributed by atoms with Crippen LogP contribution in [0.25, 0.3) is 0 Å². The second-order valence-electron chi connectivity index (χ2n) is 8.26. The quantitative estimate of drug-likeness (QED) is 0.368. The van der Waals surface area contributed by atoms with Gasteiger partial charge in [-0.25, -0.2) is 4.79 Å². The molecule has 0 radical (unpaired) electrons. The second kappa shape index (κ2) is 10.3. The number of hydrogen-bond donors (Lipinski definition) is 1. The number of benzene rings is 2. The average molecular weight is 463 g/mol. The van der Waals surface area contributed by atoms with Crippen LogP contribution in [0.4, 0.5) is 5.69 Å². The molecule has 2 aromatic carbocycles. The maximum Gasteiger partial charge on any atom is 0.330 e. The molecule has 0 unspecified atom stereocenters. The number of rotatable bonds is 8. The van der Waals surface area contributed by atoms with Crippen LogP contribution in [-0.2, 0) is 30.3 Å². The Morgan fingerprint density at radius 2 is 1.59 bits per heavy atom. The molecule has 3 amide bonds. The lowest BCUT2D eigenvalue weighted by molar-refractivity contribution is -0.160. The third kappa shape index (κ3) is 4.85. The number of para-hydroxylation sites is 2. The number of fused-ring (bicyclic) bond motifs is 1. The number of esters is 1. The van der Waals surface area contributed by atoms with E-state index in [0.717, 1.165) is 10.5 Å². The van der Waals surface area contributed by atoms with Gasteiger partial charge in [0.1, 0.15) is 11.8 Å². The minimum Gasteiger partial charge on any atom is -0.495 e. The van der Waals surface area contributed by atoms with Crippen molar-refractivity contribution in [3.8, 4) is 5.75 Å². The minimum atomic E-state index is -1.15. The van der Waals surface area contributed by atoms with E-state index in [1.165, 1.54) is 7.11 Å². The molecule has 34 heavy (non-hydrogen) atoms. The first-order valence-electron chi connectivity index (χ1n) is 11.1. The van der Waals surface area contributed by atoms with Gasteiger partial charge in [0.05, 0.1) is 24.6 Å². The summed E-state index contributed by atoms with van der Waals surface area (Å²) >= 11 is 0. The molecule has 0 bridgehead atoms. The van der Waals surface area contributed by atoms with Crippen LogP contribution < -0.4 is 10.1 Å². The Morgan fingerprint density at radius 1 is 0.971 bits per heavy atom. The smallest absolute Gasteiger partial charge is 0.330 e. The molecular weight excluding hydrogens is 436 g/mol. The molecule has 1 aliphatic heterocycles. The van der Waals surface area contributed by atoms with E-state index in [1.54, 1.807) is 24.3 Å². The molecule has 1 saturated heterocycles. The molecule has 8 heteroatoms. The standard InChI is InChI=1S/C26H26N2O6/c1-33-22-14-8-7-13-20(22)27-23(29)16-34-26(32)21(15-17-9-3-2-4-10-17)28-24(30)18-11-5-6-12-19(18)25(28)31/h2-10,13-14,18-19,21H,11-12,15-16H2,1H3,(H,27,29)/t18-,19-,21+/m1/s1. The number of carbonyl (C=O) groups excluding carboxylic acids is 4. The monoisotopic (exact) mass is 462 g/mol. The number of amides is 3. The molecule has 1 N–H and O–H groups in total. The van der Waals surface area contributed by atoms with Gasteiger partial charge in [0.25, 0.3) is 5.91 Å². The van der Waals surface area contributed by atoms with Crippen molar-refractivity contribution in [2.24, 2.45) is 11.8 Å². The van der Waals surface area contributed by atoms with Gasteiger partial charge in [-0.15, -0.1) is 0 Å². The van der Waals surface area contributed by atoms with Gasteiger partial charge >= 0.3 is 5.97 Å². The molecule has 176 valence electrons. The Hall–Kier alpha value is -3.94. The summed E-state index contributed by atoms with van der Waals surface area (Å²) < 4.78 is 10.5. The Labute approximate surface area is 197 Å². The van der Waals surface area contributed by atoms with E-state index in [2.05, 4.69) is 5.32 Å². The Bertz CT molecular complexity index is 1090. The number of nitrogens with one attached hydrogen (secondary N) is 1. The summed E-state index contributed by atoms with van der Waals surface area (Å²) in [6, 6.07) is 14.8. The maximum absolute atomic E-state index is 13.1. The number of hydrogen-bond acceptors (Lipinski definition) is 6. The first-order valence-corrected chi connectivity index (χ1v) is 11.1. The lowest BCUT2D eigenvalue weighted by atomic mass is 9.85. The fraction of sp³-hybridized carbons (Fsp3) is 0.308. The highest BCUT2D eigenvalue weighted by molar-refractivity contribution is 6.08. The minimum absolute atomic E-state index is 0.109. The number of allylic oxidation sites excluding steroid dienone is 2. The first kappa shape index (κ1) is 23.2. The molecule has 0 aromatic heterocycles. The predicted octanol–water partition coefficient (Wildman–Crippen LogP) is 2.74. The van der Waals surface area contributed by atoms with Crippen LogP contribution in [0.15, 0.2) is 66.7 Å². The van der Waals surface area contributed by atoms with E-state index in [0.29, 0.717) is 24.3 Å². The van der Waals surface area contributed by atoms with Crippen LogP contribution in [0.3, 0.4) is 0 Å². The molecular formula is C26H26N2O6. The van der Waals surface area contributed by atoms with Gasteiger partial charge in [0, 0.05) is 6.42 Å². The summed E-state index contributed by atoms with van der Waals surface area (Å²) in [6.07, 6.45) is 4.84. The summed E-state index contributed by atoms with van der Waals surface area (Å²) in [6.45, 7) is -0.563. The molecule has 3 atom stereocenters. The summed E-state index contributed by atoms with van der Waals surface area (Å²) in [5.74, 6) is -2.55. The largest absolute Gasteiger partial charge is 0.495 e. The summed E-state index contributed by atoms with van der Waals surface area (Å²) in [5.41, 5.74) is 1.21. The number of anilines is 1. The highest BCUT2D eigenvalue weighted by Gasteiger charge is 2.51. The fourth-order valence-electron chi connectivity index (χ4n) is 4.42. The molecule has 2 aliphatic rings. The summed E-state index contributed by atoms with van der Waals surface area (Å²) in [7, 11) is 1.48. The van der Waals surface area contributed by atoms with E-state index >= 15 is 0 Å². The van der Waals surface area contributed by atoms with E-state index < -0.39 is 36.4 Å². The number of nitrogens with zero attached hydrogens (tertiary/aromatic N) is 1. The fourth-order valence-corrected chi connectivity index (χ4v) is 4.42. The van der Waals surface area contributed by atoms with Crippen molar-refractivity contribution in [1.82, 2.24) is 4.90 Å². The number of likely N-dealkylation sites (tertiary alicyclic amines) is 1. The third-order valence-electron chi connectivity index (χ3n) is 6.12. The molecule has 0 spiro atoms. The lowest BCUT2D eigenvalue weighted by Crippen LogP contribution is -2.48. The van der Waals surface area contributed by atoms with Gasteiger partial charge in [0.15, 0.2) is 6.61 Å². The van der Waals surface area contributed by atoms with Crippen molar-refractivity contribution in [3.05, 3.63) is 72.3 Å². The maximum atomic E-state index is 13.1. The van der Waals surface area contributed by atoms with Crippen LogP contribution in [0.5, 0.6) is 5.75 Å². The number of carbonyl (C=O) groups is 4. The third-order valence-corrected chi connectivity index (χ3v) is 6.12. The lowest BCUT2D eigenvalue weighted by Gasteiger charge is -2.25. The van der Waals surface area contributed by atoms with Gasteiger partial charge in [-0.2, -0.15) is 0 Å². The van der Waals surface area contributed by atoms with Crippen molar-refractivity contribution < 1.29 is 28.7 Å². The Balaban J connectivity index is 1.49. The molecule has 8 nitrogen and oxygen atoms in total. The Kier molecular flexibility index (Phi) is 7.06. The molecule has 0 saturated carbocycles. The van der Waals surface area contributed by atoms with Gasteiger partial charge in [-0.3, -0.25) is 19.3 Å². The SMILES string of the molecule is COc1ccccc1NC(=O)COC(=O)[C@H](Cc1ccccc1)N1C(=O)[C@@H]2CC=CC[C@H]2C1=O. The zero-order chi connectivity index (χ0) is 24.1. The van der Waals surface area contributed by atoms with E-state index in [1.807, 2.05) is 42.5 Å². The molecule has 1 heterocycles. The van der Waals surface area contributed by atoms with Crippen molar-refractivity contribution >= 4 is 29.4 Å². The van der Waals surface area contributed by atoms with Crippen molar-refractivity contribution in [2.45, 2.75) is 25.3 Å². The number of methoxy groups -OCH3 is 1. The van der Waals surface area contributed by atoms with Crippen LogP contribution in [0.1, 0.15) is 18.4 Å². The molecule has 1 aliphatic carbocycles. The van der Waals surface area contributed by atoms with Gasteiger partial charge in [0.2, 0.25) is 11.8 Å². The number of ether oxygens (including phenoxy) is 2. The van der Waals surface area contributed by atoms with Gasteiger partial charge < -0.3 is 14.8 Å². The van der Waals surface area contributed by atoms with Crippen LogP contribution in [0.2, 0.25) is 0 Å². The summed E-state index contributed by atoms with van der Waals surface area (Å²) in [4.78, 5) is 52.8.